The average Bonchev–Trinajstić information content (AvgIpc) is 3.09. The van der Waals surface area contributed by atoms with Crippen molar-refractivity contribution < 1.29 is 9.59 Å². The van der Waals surface area contributed by atoms with E-state index in [9.17, 15) is 9.59 Å². The highest BCUT2D eigenvalue weighted by Crippen LogP contribution is 2.21. The molecule has 112 valence electrons. The number of urea groups is 1. The summed E-state index contributed by atoms with van der Waals surface area (Å²) in [7, 11) is 0. The maximum atomic E-state index is 12.1. The summed E-state index contributed by atoms with van der Waals surface area (Å²) in [6.45, 7) is 0.543. The molecule has 0 bridgehead atoms. The molecular weight excluding hydrogens is 266 g/mol. The molecule has 5 heteroatoms. The minimum Gasteiger partial charge on any atom is -0.335 e. The molecular formula is C16H21N3O2. The number of anilines is 1. The second-order valence-electron chi connectivity index (χ2n) is 5.84. The molecule has 2 aliphatic rings. The lowest BCUT2D eigenvalue weighted by Crippen LogP contribution is -2.46. The van der Waals surface area contributed by atoms with E-state index in [1.165, 1.54) is 12.8 Å². The maximum absolute atomic E-state index is 12.1. The van der Waals surface area contributed by atoms with Crippen LogP contribution in [0.4, 0.5) is 10.5 Å². The fourth-order valence-corrected chi connectivity index (χ4v) is 3.14. The van der Waals surface area contributed by atoms with Crippen LogP contribution in [0, 0.1) is 0 Å². The quantitative estimate of drug-likeness (QED) is 0.893. The molecule has 3 rings (SSSR count). The molecule has 1 saturated heterocycles. The summed E-state index contributed by atoms with van der Waals surface area (Å²) in [5.41, 5.74) is 0.892. The van der Waals surface area contributed by atoms with Gasteiger partial charge in [-0.2, -0.15) is 0 Å². The Morgan fingerprint density at radius 1 is 1.05 bits per heavy atom. The van der Waals surface area contributed by atoms with Crippen molar-refractivity contribution in [3.8, 4) is 0 Å². The zero-order chi connectivity index (χ0) is 14.7. The Kier molecular flexibility index (Phi) is 4.08. The van der Waals surface area contributed by atoms with Crippen molar-refractivity contribution >= 4 is 17.6 Å². The highest BCUT2D eigenvalue weighted by atomic mass is 16.2. The van der Waals surface area contributed by atoms with E-state index in [1.54, 1.807) is 4.90 Å². The highest BCUT2D eigenvalue weighted by Gasteiger charge is 2.31. The summed E-state index contributed by atoms with van der Waals surface area (Å²) in [6.07, 6.45) is 4.87. The first-order valence-electron chi connectivity index (χ1n) is 7.65. The molecule has 2 N–H and O–H groups in total. The Bertz CT molecular complexity index is 512. The summed E-state index contributed by atoms with van der Waals surface area (Å²) in [6, 6.07) is 9.62. The third kappa shape index (κ3) is 3.35. The van der Waals surface area contributed by atoms with E-state index < -0.39 is 0 Å². The van der Waals surface area contributed by atoms with Crippen molar-refractivity contribution in [3.63, 3.8) is 0 Å². The predicted octanol–water partition coefficient (Wildman–Crippen LogP) is 2.03. The van der Waals surface area contributed by atoms with Gasteiger partial charge in [0.1, 0.15) is 0 Å². The van der Waals surface area contributed by atoms with E-state index in [0.717, 1.165) is 18.5 Å². The molecule has 5 nitrogen and oxygen atoms in total. The summed E-state index contributed by atoms with van der Waals surface area (Å²) in [5.74, 6) is 0.0624. The van der Waals surface area contributed by atoms with Crippen LogP contribution in [0.5, 0.6) is 0 Å². The molecule has 1 atom stereocenters. The van der Waals surface area contributed by atoms with Gasteiger partial charge in [0, 0.05) is 24.7 Å². The number of hydrogen-bond donors (Lipinski definition) is 2. The van der Waals surface area contributed by atoms with Crippen LogP contribution in [-0.4, -0.2) is 30.6 Å². The van der Waals surface area contributed by atoms with Gasteiger partial charge in [-0.05, 0) is 25.0 Å². The summed E-state index contributed by atoms with van der Waals surface area (Å²) >= 11 is 0. The van der Waals surface area contributed by atoms with Crippen LogP contribution in [0.1, 0.15) is 32.1 Å². The molecule has 1 unspecified atom stereocenters. The smallest absolute Gasteiger partial charge is 0.315 e. The minimum absolute atomic E-state index is 0.0624. The number of para-hydroxylation sites is 1. The summed E-state index contributed by atoms with van der Waals surface area (Å²) < 4.78 is 0. The van der Waals surface area contributed by atoms with Crippen molar-refractivity contribution in [3.05, 3.63) is 30.3 Å². The van der Waals surface area contributed by atoms with E-state index in [4.69, 9.17) is 0 Å². The van der Waals surface area contributed by atoms with Crippen molar-refractivity contribution in [2.45, 2.75) is 44.2 Å². The van der Waals surface area contributed by atoms with Crippen molar-refractivity contribution in [2.24, 2.45) is 0 Å². The van der Waals surface area contributed by atoms with E-state index in [2.05, 4.69) is 10.6 Å². The molecule has 1 heterocycles. The van der Waals surface area contributed by atoms with Gasteiger partial charge in [0.2, 0.25) is 5.91 Å². The second kappa shape index (κ2) is 6.16. The maximum Gasteiger partial charge on any atom is 0.315 e. The summed E-state index contributed by atoms with van der Waals surface area (Å²) in [4.78, 5) is 25.8. The SMILES string of the molecule is O=C(NC1CCCC1)NC1CC(=O)N(c2ccccc2)C1. The number of amides is 3. The Morgan fingerprint density at radius 3 is 2.43 bits per heavy atom. The molecule has 1 aliphatic heterocycles. The zero-order valence-corrected chi connectivity index (χ0v) is 12.0. The van der Waals surface area contributed by atoms with Gasteiger partial charge in [-0.1, -0.05) is 31.0 Å². The fourth-order valence-electron chi connectivity index (χ4n) is 3.14. The number of rotatable bonds is 3. The number of carbonyl (C=O) groups is 2. The van der Waals surface area contributed by atoms with Gasteiger partial charge in [0.25, 0.3) is 0 Å². The lowest BCUT2D eigenvalue weighted by atomic mass is 10.2. The number of hydrogen-bond acceptors (Lipinski definition) is 2. The molecule has 0 aromatic heterocycles. The number of benzene rings is 1. The third-order valence-corrected chi connectivity index (χ3v) is 4.22. The van der Waals surface area contributed by atoms with Crippen LogP contribution in [0.15, 0.2) is 30.3 Å². The Morgan fingerprint density at radius 2 is 1.71 bits per heavy atom. The first kappa shape index (κ1) is 13.9. The lowest BCUT2D eigenvalue weighted by Gasteiger charge is -2.18. The molecule has 1 aromatic carbocycles. The van der Waals surface area contributed by atoms with Gasteiger partial charge >= 0.3 is 6.03 Å². The average molecular weight is 287 g/mol. The molecule has 2 fully saturated rings. The molecule has 0 radical (unpaired) electrons. The lowest BCUT2D eigenvalue weighted by molar-refractivity contribution is -0.117. The van der Waals surface area contributed by atoms with Gasteiger partial charge in [0.05, 0.1) is 6.04 Å². The van der Waals surface area contributed by atoms with Gasteiger partial charge in [-0.15, -0.1) is 0 Å². The van der Waals surface area contributed by atoms with Crippen LogP contribution >= 0.6 is 0 Å². The standard InChI is InChI=1S/C16H21N3O2/c20-15-10-13(11-19(15)14-8-2-1-3-9-14)18-16(21)17-12-6-4-5-7-12/h1-3,8-9,12-13H,4-7,10-11H2,(H2,17,18,21). The van der Waals surface area contributed by atoms with Crippen molar-refractivity contribution in [1.82, 2.24) is 10.6 Å². The Hall–Kier alpha value is -2.04. The van der Waals surface area contributed by atoms with E-state index in [1.807, 2.05) is 30.3 Å². The van der Waals surface area contributed by atoms with E-state index in [0.29, 0.717) is 19.0 Å². The van der Waals surface area contributed by atoms with Crippen LogP contribution < -0.4 is 15.5 Å². The van der Waals surface area contributed by atoms with E-state index >= 15 is 0 Å². The van der Waals surface area contributed by atoms with Gasteiger partial charge < -0.3 is 15.5 Å². The minimum atomic E-state index is -0.144. The number of carbonyl (C=O) groups excluding carboxylic acids is 2. The Labute approximate surface area is 124 Å². The highest BCUT2D eigenvalue weighted by molar-refractivity contribution is 5.96. The summed E-state index contributed by atoms with van der Waals surface area (Å²) in [5, 5.41) is 5.92. The van der Waals surface area contributed by atoms with Crippen LogP contribution in [0.2, 0.25) is 0 Å². The largest absolute Gasteiger partial charge is 0.335 e. The topological polar surface area (TPSA) is 61.4 Å². The first-order valence-corrected chi connectivity index (χ1v) is 7.65. The third-order valence-electron chi connectivity index (χ3n) is 4.22. The van der Waals surface area contributed by atoms with Crippen LogP contribution in [0.25, 0.3) is 0 Å². The zero-order valence-electron chi connectivity index (χ0n) is 12.0. The van der Waals surface area contributed by atoms with Gasteiger partial charge in [-0.3, -0.25) is 4.79 Å². The van der Waals surface area contributed by atoms with Crippen LogP contribution in [0.3, 0.4) is 0 Å². The molecule has 1 aromatic rings. The molecule has 21 heavy (non-hydrogen) atoms. The Balaban J connectivity index is 1.53. The van der Waals surface area contributed by atoms with Crippen molar-refractivity contribution in [1.29, 1.82) is 0 Å². The molecule has 0 spiro atoms. The normalized spacial score (nSPS) is 22.6. The second-order valence-corrected chi connectivity index (χ2v) is 5.84. The predicted molar refractivity (Wildman–Crippen MR) is 81.1 cm³/mol. The van der Waals surface area contributed by atoms with Crippen molar-refractivity contribution in [2.75, 3.05) is 11.4 Å². The molecule has 1 saturated carbocycles. The van der Waals surface area contributed by atoms with Crippen LogP contribution in [-0.2, 0) is 4.79 Å². The molecule has 1 aliphatic carbocycles. The van der Waals surface area contributed by atoms with Gasteiger partial charge in [-0.25, -0.2) is 4.79 Å². The van der Waals surface area contributed by atoms with Gasteiger partial charge in [0.15, 0.2) is 0 Å². The first-order chi connectivity index (χ1) is 10.2. The van der Waals surface area contributed by atoms with E-state index in [-0.39, 0.29) is 18.0 Å². The molecule has 3 amide bonds. The fraction of sp³-hybridized carbons (Fsp3) is 0.500. The number of nitrogens with zero attached hydrogens (tertiary/aromatic N) is 1. The monoisotopic (exact) mass is 287 g/mol. The number of nitrogens with one attached hydrogen (secondary N) is 2.